The van der Waals surface area contributed by atoms with E-state index in [0.717, 1.165) is 44.1 Å². The smallest absolute Gasteiger partial charge is 0.431 e. The zero-order chi connectivity index (χ0) is 32.7. The lowest BCUT2D eigenvalue weighted by Crippen LogP contribution is -2.38. The molecule has 2 aliphatic heterocycles. The van der Waals surface area contributed by atoms with Crippen molar-refractivity contribution in [1.82, 2.24) is 14.5 Å². The number of para-hydroxylation sites is 2. The summed E-state index contributed by atoms with van der Waals surface area (Å²) in [6.07, 6.45) is 4.20. The van der Waals surface area contributed by atoms with E-state index in [1.165, 1.54) is 0 Å². The van der Waals surface area contributed by atoms with E-state index in [1.54, 1.807) is 32.9 Å². The largest absolute Gasteiger partial charge is 0.508 e. The van der Waals surface area contributed by atoms with Gasteiger partial charge in [-0.1, -0.05) is 72.8 Å². The highest BCUT2D eigenvalue weighted by Gasteiger charge is 2.36. The number of nitrogens with one attached hydrogen (secondary N) is 1. The second-order valence-corrected chi connectivity index (χ2v) is 12.9. The molecule has 7 rings (SSSR count). The van der Waals surface area contributed by atoms with Crippen LogP contribution in [0.2, 0.25) is 0 Å². The zero-order valence-corrected chi connectivity index (χ0v) is 26.6. The summed E-state index contributed by atoms with van der Waals surface area (Å²) in [5.74, 6) is -0.0262. The van der Waals surface area contributed by atoms with Crippen molar-refractivity contribution in [2.75, 3.05) is 13.2 Å². The van der Waals surface area contributed by atoms with Crippen LogP contribution in [0, 0.1) is 0 Å². The molecule has 5 aromatic rings. The normalized spacial score (nSPS) is 20.0. The Hall–Kier alpha value is -5.12. The van der Waals surface area contributed by atoms with Crippen molar-refractivity contribution in [3.05, 3.63) is 120 Å². The van der Waals surface area contributed by atoms with E-state index in [0.29, 0.717) is 18.7 Å². The monoisotopic (exact) mass is 631 g/mol. The number of rotatable bonds is 7. The molecule has 4 heterocycles. The number of carbonyl (C=O) groups excluding carboxylic acids is 2. The van der Waals surface area contributed by atoms with E-state index in [1.807, 2.05) is 94.7 Å². The molecule has 2 aromatic heterocycles. The molecule has 3 aromatic carbocycles. The van der Waals surface area contributed by atoms with Crippen LogP contribution in [0.25, 0.3) is 33.0 Å². The number of nitrogens with zero attached hydrogens (tertiary/aromatic N) is 2. The van der Waals surface area contributed by atoms with Crippen LogP contribution in [0.15, 0.2) is 103 Å². The number of ether oxygens (including phenoxy) is 3. The number of fused-ring (bicyclic) bond motifs is 2. The number of amides is 1. The predicted octanol–water partition coefficient (Wildman–Crippen LogP) is 6.84. The third-order valence-electron chi connectivity index (χ3n) is 8.49. The quantitative estimate of drug-likeness (QED) is 0.151. The zero-order valence-electron chi connectivity index (χ0n) is 26.6. The Bertz CT molecular complexity index is 2020. The first-order valence-electron chi connectivity index (χ1n) is 15.8. The third-order valence-corrected chi connectivity index (χ3v) is 8.49. The van der Waals surface area contributed by atoms with Gasteiger partial charge in [0.05, 0.1) is 11.1 Å². The van der Waals surface area contributed by atoms with Gasteiger partial charge in [-0.25, -0.2) is 4.79 Å². The molecule has 0 unspecified atom stereocenters. The van der Waals surface area contributed by atoms with Crippen molar-refractivity contribution in [2.24, 2.45) is 0 Å². The van der Waals surface area contributed by atoms with E-state index in [9.17, 15) is 14.7 Å². The molecule has 0 bridgehead atoms. The van der Waals surface area contributed by atoms with Crippen LogP contribution in [-0.2, 0) is 25.5 Å². The molecule has 9 nitrogen and oxygen atoms in total. The van der Waals surface area contributed by atoms with E-state index in [4.69, 9.17) is 14.2 Å². The van der Waals surface area contributed by atoms with Gasteiger partial charge in [-0.3, -0.25) is 4.79 Å². The highest BCUT2D eigenvalue weighted by molar-refractivity contribution is 6.33. The predicted molar refractivity (Wildman–Crippen MR) is 180 cm³/mol. The molecule has 2 aliphatic rings. The lowest BCUT2D eigenvalue weighted by Gasteiger charge is -2.30. The van der Waals surface area contributed by atoms with Gasteiger partial charge in [0, 0.05) is 52.9 Å². The Kier molecular flexibility index (Phi) is 7.95. The Balaban J connectivity index is 1.27. The third kappa shape index (κ3) is 6.07. The summed E-state index contributed by atoms with van der Waals surface area (Å²) in [6.45, 7) is 6.01. The average Bonchev–Trinajstić information content (AvgIpc) is 3.74. The molecule has 0 spiro atoms. The first-order valence-corrected chi connectivity index (χ1v) is 15.8. The molecule has 9 heteroatoms. The number of aliphatic hydroxyl groups is 1. The molecule has 0 fully saturated rings. The van der Waals surface area contributed by atoms with E-state index >= 15 is 0 Å². The SMILES string of the molecule is CC(C)(C)OC(=O)OC[C@@H]1O[C@H](n2cc(C3=C(c4c[nH]c5ccccc45)C(=O)N(Cc4ccccc4)C3)c3ccccc32)C=C[C@@H]1O. The first-order chi connectivity index (χ1) is 22.7. The van der Waals surface area contributed by atoms with Crippen LogP contribution >= 0.6 is 0 Å². The molecule has 0 aliphatic carbocycles. The fourth-order valence-electron chi connectivity index (χ4n) is 6.36. The molecule has 0 saturated heterocycles. The summed E-state index contributed by atoms with van der Waals surface area (Å²) in [5, 5.41) is 12.6. The number of aromatic nitrogens is 2. The number of hydrogen-bond donors (Lipinski definition) is 2. The summed E-state index contributed by atoms with van der Waals surface area (Å²) < 4.78 is 18.9. The summed E-state index contributed by atoms with van der Waals surface area (Å²) >= 11 is 0. The van der Waals surface area contributed by atoms with Gasteiger partial charge in [0.1, 0.15) is 24.4 Å². The highest BCUT2D eigenvalue weighted by atomic mass is 16.7. The second kappa shape index (κ2) is 12.2. The van der Waals surface area contributed by atoms with E-state index in [-0.39, 0.29) is 12.5 Å². The molecule has 1 amide bonds. The van der Waals surface area contributed by atoms with Crippen LogP contribution in [-0.4, -0.2) is 62.6 Å². The van der Waals surface area contributed by atoms with Crippen molar-refractivity contribution in [3.8, 4) is 0 Å². The molecular formula is C38H37N3O6. The van der Waals surface area contributed by atoms with E-state index < -0.39 is 30.2 Å². The number of H-pyrrole nitrogens is 1. The van der Waals surface area contributed by atoms with Crippen LogP contribution in [0.3, 0.4) is 0 Å². The summed E-state index contributed by atoms with van der Waals surface area (Å²) in [6, 6.07) is 26.0. The van der Waals surface area contributed by atoms with Crippen LogP contribution < -0.4 is 0 Å². The molecule has 2 N–H and O–H groups in total. The first kappa shape index (κ1) is 30.5. The van der Waals surface area contributed by atoms with Crippen LogP contribution in [0.5, 0.6) is 0 Å². The van der Waals surface area contributed by atoms with Gasteiger partial charge in [-0.05, 0) is 50.1 Å². The summed E-state index contributed by atoms with van der Waals surface area (Å²) in [5.41, 5.74) is 5.60. The lowest BCUT2D eigenvalue weighted by molar-refractivity contribution is -0.124. The summed E-state index contributed by atoms with van der Waals surface area (Å²) in [7, 11) is 0. The standard InChI is InChI=1S/C38H37N3O6/c1-38(2,3)47-37(44)45-23-33-32(42)17-18-34(46-33)41-22-28(26-14-8-10-16-31(26)41)29-21-40(20-24-11-5-4-6-12-24)36(43)35(29)27-19-39-30-15-9-7-13-25(27)30/h4-19,22,32-34,39,42H,20-21,23H2,1-3H3/t32-,33-,34-/m0/s1. The van der Waals surface area contributed by atoms with Crippen molar-refractivity contribution < 1.29 is 28.9 Å². The number of aromatic amines is 1. The molecule has 240 valence electrons. The van der Waals surface area contributed by atoms with Gasteiger partial charge < -0.3 is 33.8 Å². The minimum Gasteiger partial charge on any atom is -0.431 e. The molecule has 0 saturated carbocycles. The maximum atomic E-state index is 14.3. The Labute approximate surface area is 272 Å². The highest BCUT2D eigenvalue weighted by Crippen LogP contribution is 2.42. The number of hydrogen-bond acceptors (Lipinski definition) is 6. The minimum absolute atomic E-state index is 0.0262. The second-order valence-electron chi connectivity index (χ2n) is 12.9. The molecular weight excluding hydrogens is 594 g/mol. The maximum Gasteiger partial charge on any atom is 0.508 e. The maximum absolute atomic E-state index is 14.3. The Morgan fingerprint density at radius 2 is 1.68 bits per heavy atom. The van der Waals surface area contributed by atoms with Crippen molar-refractivity contribution >= 4 is 45.0 Å². The van der Waals surface area contributed by atoms with E-state index in [2.05, 4.69) is 11.1 Å². The van der Waals surface area contributed by atoms with Crippen LogP contribution in [0.4, 0.5) is 4.79 Å². The number of benzene rings is 3. The number of aliphatic hydroxyl groups excluding tert-OH is 1. The molecule has 3 atom stereocenters. The minimum atomic E-state index is -0.967. The van der Waals surface area contributed by atoms with Gasteiger partial charge in [0.2, 0.25) is 0 Å². The van der Waals surface area contributed by atoms with Gasteiger partial charge >= 0.3 is 6.16 Å². The Morgan fingerprint density at radius 3 is 2.47 bits per heavy atom. The fraction of sp³-hybridized carbons (Fsp3) is 0.263. The average molecular weight is 632 g/mol. The van der Waals surface area contributed by atoms with Crippen molar-refractivity contribution in [3.63, 3.8) is 0 Å². The van der Waals surface area contributed by atoms with Crippen molar-refractivity contribution in [2.45, 2.75) is 51.4 Å². The van der Waals surface area contributed by atoms with Gasteiger partial charge in [0.25, 0.3) is 5.91 Å². The van der Waals surface area contributed by atoms with Gasteiger partial charge in [-0.2, -0.15) is 0 Å². The fourth-order valence-corrected chi connectivity index (χ4v) is 6.36. The molecule has 0 radical (unpaired) electrons. The van der Waals surface area contributed by atoms with Crippen molar-refractivity contribution in [1.29, 1.82) is 0 Å². The topological polar surface area (TPSA) is 106 Å². The molecule has 47 heavy (non-hydrogen) atoms. The number of carbonyl (C=O) groups is 2. The Morgan fingerprint density at radius 1 is 0.957 bits per heavy atom. The van der Waals surface area contributed by atoms with Gasteiger partial charge in [-0.15, -0.1) is 0 Å². The lowest BCUT2D eigenvalue weighted by atomic mass is 9.96. The van der Waals surface area contributed by atoms with Gasteiger partial charge in [0.15, 0.2) is 6.23 Å². The van der Waals surface area contributed by atoms with Crippen LogP contribution in [0.1, 0.15) is 43.7 Å². The summed E-state index contributed by atoms with van der Waals surface area (Å²) in [4.78, 5) is 31.8.